The van der Waals surface area contributed by atoms with Gasteiger partial charge >= 0.3 is 0 Å². The van der Waals surface area contributed by atoms with Crippen LogP contribution in [0.4, 0.5) is 0 Å². The number of rotatable bonds is 12. The number of hydrogen-bond acceptors (Lipinski definition) is 0. The first-order valence-electron chi connectivity index (χ1n) is 18.0. The molecular weight excluding hydrogens is 625 g/mol. The maximum absolute atomic E-state index is 4.36. The van der Waals surface area contributed by atoms with Crippen LogP contribution in [0.25, 0.3) is 55.7 Å². The molecule has 6 aromatic carbocycles. The molecule has 0 aromatic heterocycles. The van der Waals surface area contributed by atoms with Gasteiger partial charge in [0.05, 0.1) is 0 Å². The van der Waals surface area contributed by atoms with Crippen molar-refractivity contribution in [2.45, 2.75) is 27.2 Å². The zero-order chi connectivity index (χ0) is 36.3. The first kappa shape index (κ1) is 35.6. The molecular formula is C52H46. The molecule has 0 fully saturated rings. The second-order valence-electron chi connectivity index (χ2n) is 13.3. The summed E-state index contributed by atoms with van der Waals surface area (Å²) in [4.78, 5) is 0. The first-order chi connectivity index (χ1) is 25.4. The topological polar surface area (TPSA) is 0 Å². The highest BCUT2D eigenvalue weighted by Gasteiger charge is 2.10. The number of allylic oxidation sites excluding steroid dienone is 10. The summed E-state index contributed by atoms with van der Waals surface area (Å²) in [6, 6.07) is 54.4. The van der Waals surface area contributed by atoms with Gasteiger partial charge in [-0.15, -0.1) is 0 Å². The minimum absolute atomic E-state index is 0.786. The Morgan fingerprint density at radius 1 is 0.519 bits per heavy atom. The van der Waals surface area contributed by atoms with Crippen molar-refractivity contribution in [3.63, 3.8) is 0 Å². The molecule has 0 nitrogen and oxygen atoms in total. The van der Waals surface area contributed by atoms with Crippen LogP contribution >= 0.6 is 0 Å². The number of aryl methyl sites for hydroxylation is 1. The van der Waals surface area contributed by atoms with Gasteiger partial charge in [0.2, 0.25) is 0 Å². The van der Waals surface area contributed by atoms with Crippen molar-refractivity contribution in [2.75, 3.05) is 0 Å². The molecule has 0 saturated carbocycles. The average Bonchev–Trinajstić information content (AvgIpc) is 3.20. The molecule has 52 heavy (non-hydrogen) atoms. The summed E-state index contributed by atoms with van der Waals surface area (Å²) in [5.41, 5.74) is 18.1. The van der Waals surface area contributed by atoms with E-state index in [4.69, 9.17) is 0 Å². The van der Waals surface area contributed by atoms with Crippen molar-refractivity contribution in [2.24, 2.45) is 0 Å². The predicted octanol–water partition coefficient (Wildman–Crippen LogP) is 14.7. The lowest BCUT2D eigenvalue weighted by molar-refractivity contribution is 1.40. The summed E-state index contributed by atoms with van der Waals surface area (Å²) in [5, 5.41) is 0. The van der Waals surface area contributed by atoms with Crippen LogP contribution in [0.5, 0.6) is 0 Å². The SMILES string of the molecule is C=C/C=C\C=C(/C)c1cc(-c2ccc(-c3ccc(/C(C)=C/C(=CCC(=C)c4ccccc4)c4ccccc4)cc3)cc2)cc(-c2ccccc2C)c1. The van der Waals surface area contributed by atoms with E-state index in [1.165, 1.54) is 77.9 Å². The third-order valence-corrected chi connectivity index (χ3v) is 9.56. The summed E-state index contributed by atoms with van der Waals surface area (Å²) < 4.78 is 0. The van der Waals surface area contributed by atoms with Gasteiger partial charge in [0, 0.05) is 0 Å². The van der Waals surface area contributed by atoms with E-state index in [-0.39, 0.29) is 0 Å². The Hall–Kier alpha value is -6.24. The number of benzene rings is 6. The molecule has 6 aromatic rings. The van der Waals surface area contributed by atoms with Gasteiger partial charge in [-0.2, -0.15) is 0 Å². The van der Waals surface area contributed by atoms with E-state index in [0.717, 1.165) is 12.0 Å². The van der Waals surface area contributed by atoms with Gasteiger partial charge in [0.1, 0.15) is 0 Å². The van der Waals surface area contributed by atoms with E-state index in [1.807, 2.05) is 18.2 Å². The summed E-state index contributed by atoms with van der Waals surface area (Å²) >= 11 is 0. The van der Waals surface area contributed by atoms with Crippen molar-refractivity contribution in [3.8, 4) is 33.4 Å². The molecule has 0 spiro atoms. The van der Waals surface area contributed by atoms with Gasteiger partial charge in [-0.05, 0) is 129 Å². The Balaban J connectivity index is 1.25. The Morgan fingerprint density at radius 2 is 1.08 bits per heavy atom. The fourth-order valence-corrected chi connectivity index (χ4v) is 6.46. The smallest absolute Gasteiger partial charge is 0.00882 e. The van der Waals surface area contributed by atoms with Crippen LogP contribution in [0, 0.1) is 6.92 Å². The van der Waals surface area contributed by atoms with E-state index in [0.29, 0.717) is 0 Å². The van der Waals surface area contributed by atoms with Gasteiger partial charge in [-0.25, -0.2) is 0 Å². The lowest BCUT2D eigenvalue weighted by Gasteiger charge is -2.13. The maximum Gasteiger partial charge on any atom is -0.00882 e. The van der Waals surface area contributed by atoms with Gasteiger partial charge in [0.15, 0.2) is 0 Å². The minimum Gasteiger partial charge on any atom is -0.0991 e. The normalized spacial score (nSPS) is 12.2. The highest BCUT2D eigenvalue weighted by Crippen LogP contribution is 2.34. The summed E-state index contributed by atoms with van der Waals surface area (Å²) in [5.74, 6) is 0. The molecule has 0 bridgehead atoms. The van der Waals surface area contributed by atoms with Crippen LogP contribution < -0.4 is 0 Å². The molecule has 0 heteroatoms. The van der Waals surface area contributed by atoms with Crippen LogP contribution in [0.1, 0.15) is 48.1 Å². The van der Waals surface area contributed by atoms with Crippen LogP contribution in [-0.2, 0) is 0 Å². The average molecular weight is 671 g/mol. The van der Waals surface area contributed by atoms with Crippen molar-refractivity contribution in [3.05, 3.63) is 229 Å². The fraction of sp³-hybridized carbons (Fsp3) is 0.0769. The van der Waals surface area contributed by atoms with Crippen LogP contribution in [-0.4, -0.2) is 0 Å². The second kappa shape index (κ2) is 17.1. The zero-order valence-corrected chi connectivity index (χ0v) is 30.5. The van der Waals surface area contributed by atoms with E-state index < -0.39 is 0 Å². The van der Waals surface area contributed by atoms with Crippen LogP contribution in [0.3, 0.4) is 0 Å². The molecule has 0 amide bonds. The maximum atomic E-state index is 4.36. The number of hydrogen-bond donors (Lipinski definition) is 0. The highest BCUT2D eigenvalue weighted by atomic mass is 14.1. The lowest BCUT2D eigenvalue weighted by Crippen LogP contribution is -1.89. The summed E-state index contributed by atoms with van der Waals surface area (Å²) in [6.45, 7) is 14.7. The highest BCUT2D eigenvalue weighted by molar-refractivity contribution is 5.85. The monoisotopic (exact) mass is 670 g/mol. The van der Waals surface area contributed by atoms with E-state index in [1.54, 1.807) is 6.08 Å². The third kappa shape index (κ3) is 8.91. The second-order valence-corrected chi connectivity index (χ2v) is 13.3. The summed E-state index contributed by atoms with van der Waals surface area (Å²) in [7, 11) is 0. The Bertz CT molecular complexity index is 2270. The molecule has 0 radical (unpaired) electrons. The third-order valence-electron chi connectivity index (χ3n) is 9.56. The van der Waals surface area contributed by atoms with Gasteiger partial charge in [-0.3, -0.25) is 0 Å². The molecule has 0 aliphatic rings. The largest absolute Gasteiger partial charge is 0.0991 e. The molecule has 6 rings (SSSR count). The summed E-state index contributed by atoms with van der Waals surface area (Å²) in [6.07, 6.45) is 13.3. The fourth-order valence-electron chi connectivity index (χ4n) is 6.46. The quantitative estimate of drug-likeness (QED) is 0.114. The molecule has 0 aliphatic heterocycles. The van der Waals surface area contributed by atoms with Crippen molar-refractivity contribution >= 4 is 22.3 Å². The molecule has 0 saturated heterocycles. The zero-order valence-electron chi connectivity index (χ0n) is 30.5. The lowest BCUT2D eigenvalue weighted by atomic mass is 9.91. The predicted molar refractivity (Wildman–Crippen MR) is 229 cm³/mol. The molecule has 254 valence electrons. The Morgan fingerprint density at radius 3 is 1.71 bits per heavy atom. The van der Waals surface area contributed by atoms with Crippen molar-refractivity contribution in [1.82, 2.24) is 0 Å². The first-order valence-corrected chi connectivity index (χ1v) is 18.0. The Kier molecular flexibility index (Phi) is 11.7. The molecule has 0 heterocycles. The molecule has 0 aliphatic carbocycles. The van der Waals surface area contributed by atoms with Gasteiger partial charge < -0.3 is 0 Å². The molecule has 0 atom stereocenters. The van der Waals surface area contributed by atoms with E-state index in [9.17, 15) is 0 Å². The van der Waals surface area contributed by atoms with Crippen LogP contribution in [0.15, 0.2) is 201 Å². The minimum atomic E-state index is 0.786. The standard InChI is InChI=1S/C52H46/c1-6-7-10-17-38(2)49-35-50(37-51(36-49)52-23-16-15-18-40(52)4)47-32-30-46(31-33-47)45-28-26-43(27-29-45)41(5)34-48(44-21-13-9-14-22-44)25-24-39(3)42-19-11-8-12-20-42/h6-23,25-37H,1,3,24H2,2,4-5H3/b10-7-,38-17+,41-34+,48-25?. The van der Waals surface area contributed by atoms with E-state index >= 15 is 0 Å². The molecule has 0 N–H and O–H groups in total. The van der Waals surface area contributed by atoms with E-state index in [2.05, 4.69) is 198 Å². The van der Waals surface area contributed by atoms with Gasteiger partial charge in [0.25, 0.3) is 0 Å². The van der Waals surface area contributed by atoms with Crippen LogP contribution in [0.2, 0.25) is 0 Å². The van der Waals surface area contributed by atoms with Gasteiger partial charge in [-0.1, -0.05) is 183 Å². The van der Waals surface area contributed by atoms with Crippen molar-refractivity contribution in [1.29, 1.82) is 0 Å². The molecule has 0 unspecified atom stereocenters. The Labute approximate surface area is 310 Å². The van der Waals surface area contributed by atoms with Crippen molar-refractivity contribution < 1.29 is 0 Å².